The Bertz CT molecular complexity index is 275. The fourth-order valence-electron chi connectivity index (χ4n) is 1.02. The standard InChI is InChI=1S/C10H15NO3/c1-5-6-14-10(4,7-11-13)9(12)8(2)3/h5,8H,1,6H2,2-4H3. The number of ketones is 1. The summed E-state index contributed by atoms with van der Waals surface area (Å²) in [5.74, 6) is -0.460. The van der Waals surface area contributed by atoms with Crippen LogP contribution in [-0.4, -0.2) is 18.0 Å². The van der Waals surface area contributed by atoms with Crippen molar-refractivity contribution in [2.75, 3.05) is 6.61 Å². The molecule has 1 unspecified atom stereocenters. The molecule has 78 valence electrons. The highest BCUT2D eigenvalue weighted by atomic mass is 16.5. The number of carbonyl (C=O) groups is 1. The summed E-state index contributed by atoms with van der Waals surface area (Å²) < 4.78 is 5.17. The number of Topliss-reactive ketones (excluding diaryl/α,β-unsaturated/α-hetero) is 1. The van der Waals surface area contributed by atoms with Crippen LogP contribution in [0.1, 0.15) is 20.8 Å². The lowest BCUT2D eigenvalue weighted by Gasteiger charge is -2.18. The lowest BCUT2D eigenvalue weighted by Crippen LogP contribution is -2.39. The Morgan fingerprint density at radius 1 is 1.79 bits per heavy atom. The second-order valence-corrected chi connectivity index (χ2v) is 3.35. The summed E-state index contributed by atoms with van der Waals surface area (Å²) in [4.78, 5) is 11.6. The van der Waals surface area contributed by atoms with Gasteiger partial charge in [-0.05, 0) is 6.92 Å². The Labute approximate surface area is 84.0 Å². The van der Waals surface area contributed by atoms with Crippen LogP contribution < -0.4 is 0 Å². The van der Waals surface area contributed by atoms with Crippen LogP contribution in [0.25, 0.3) is 5.01 Å². The third kappa shape index (κ3) is 3.19. The van der Waals surface area contributed by atoms with Crippen LogP contribution in [0.5, 0.6) is 0 Å². The third-order valence-electron chi connectivity index (χ3n) is 1.74. The van der Waals surface area contributed by atoms with Crippen molar-refractivity contribution in [3.8, 4) is 6.07 Å². The summed E-state index contributed by atoms with van der Waals surface area (Å²) in [6.45, 7) is 8.56. The average molecular weight is 197 g/mol. The van der Waals surface area contributed by atoms with Gasteiger partial charge in [-0.1, -0.05) is 19.9 Å². The normalized spacial score (nSPS) is 14.0. The van der Waals surface area contributed by atoms with Gasteiger partial charge >= 0.3 is 6.07 Å². The van der Waals surface area contributed by atoms with Gasteiger partial charge in [-0.3, -0.25) is 4.79 Å². The topological polar surface area (TPSA) is 53.7 Å². The maximum absolute atomic E-state index is 11.6. The van der Waals surface area contributed by atoms with E-state index in [4.69, 9.17) is 4.74 Å². The van der Waals surface area contributed by atoms with E-state index >= 15 is 0 Å². The zero-order valence-electron chi connectivity index (χ0n) is 8.74. The molecule has 0 N–H and O–H groups in total. The number of carbonyl (C=O) groups excluding carboxylic acids is 1. The van der Waals surface area contributed by atoms with Gasteiger partial charge in [0, 0.05) is 10.9 Å². The monoisotopic (exact) mass is 197 g/mol. The molecule has 0 heterocycles. The maximum Gasteiger partial charge on any atom is 0.341 e. The van der Waals surface area contributed by atoms with Gasteiger partial charge in [0.2, 0.25) is 0 Å². The Balaban J connectivity index is 4.76. The van der Waals surface area contributed by atoms with E-state index in [9.17, 15) is 10.0 Å². The molecule has 4 nitrogen and oxygen atoms in total. The van der Waals surface area contributed by atoms with E-state index in [0.717, 1.165) is 0 Å². The molecule has 0 amide bonds. The summed E-state index contributed by atoms with van der Waals surface area (Å²) >= 11 is 0. The minimum absolute atomic E-state index is 0.178. The van der Waals surface area contributed by atoms with Crippen LogP contribution in [0.3, 0.4) is 0 Å². The van der Waals surface area contributed by atoms with Gasteiger partial charge in [0.1, 0.15) is 0 Å². The first kappa shape index (κ1) is 12.7. The SMILES string of the molecule is C=CCOC(C)(C#[N+][O-])C(=O)C(C)C. The number of hydrogen-bond acceptors (Lipinski definition) is 3. The lowest BCUT2D eigenvalue weighted by molar-refractivity contribution is -0.137. The number of hydrogen-bond donors (Lipinski definition) is 0. The van der Waals surface area contributed by atoms with Gasteiger partial charge in [-0.2, -0.15) is 0 Å². The molecule has 0 aliphatic heterocycles. The first-order valence-corrected chi connectivity index (χ1v) is 4.36. The molecule has 4 heteroatoms. The highest BCUT2D eigenvalue weighted by molar-refractivity contribution is 5.91. The van der Waals surface area contributed by atoms with Crippen molar-refractivity contribution in [1.29, 1.82) is 0 Å². The van der Waals surface area contributed by atoms with Gasteiger partial charge in [-0.15, -0.1) is 6.58 Å². The van der Waals surface area contributed by atoms with Crippen molar-refractivity contribution in [3.05, 3.63) is 22.9 Å². The van der Waals surface area contributed by atoms with Gasteiger partial charge in [-0.25, -0.2) is 0 Å². The first-order valence-electron chi connectivity index (χ1n) is 4.36. The van der Waals surface area contributed by atoms with Gasteiger partial charge < -0.3 is 9.94 Å². The van der Waals surface area contributed by atoms with Crippen molar-refractivity contribution < 1.29 is 9.53 Å². The minimum Gasteiger partial charge on any atom is -0.498 e. The van der Waals surface area contributed by atoms with Crippen LogP contribution in [-0.2, 0) is 9.53 Å². The molecular weight excluding hydrogens is 182 g/mol. The van der Waals surface area contributed by atoms with E-state index in [1.54, 1.807) is 13.8 Å². The molecule has 0 aromatic carbocycles. The number of nitrogens with zero attached hydrogens (tertiary/aromatic N) is 1. The second kappa shape index (κ2) is 5.40. The smallest absolute Gasteiger partial charge is 0.341 e. The van der Waals surface area contributed by atoms with Crippen molar-refractivity contribution in [2.45, 2.75) is 26.4 Å². The van der Waals surface area contributed by atoms with Crippen LogP contribution in [0.4, 0.5) is 0 Å². The van der Waals surface area contributed by atoms with Crippen molar-refractivity contribution >= 4 is 5.78 Å². The molecular formula is C10H15NO3. The van der Waals surface area contributed by atoms with Gasteiger partial charge in [0.25, 0.3) is 5.60 Å². The fraction of sp³-hybridized carbons (Fsp3) is 0.600. The van der Waals surface area contributed by atoms with Crippen molar-refractivity contribution in [1.82, 2.24) is 0 Å². The molecule has 0 saturated heterocycles. The minimum atomic E-state index is -1.36. The zero-order valence-corrected chi connectivity index (χ0v) is 8.74. The Kier molecular flexibility index (Phi) is 4.89. The largest absolute Gasteiger partial charge is 0.498 e. The van der Waals surface area contributed by atoms with E-state index in [1.807, 2.05) is 0 Å². The van der Waals surface area contributed by atoms with Crippen molar-refractivity contribution in [3.63, 3.8) is 0 Å². The van der Waals surface area contributed by atoms with E-state index in [0.29, 0.717) is 0 Å². The summed E-state index contributed by atoms with van der Waals surface area (Å²) in [6.07, 6.45) is 1.50. The van der Waals surface area contributed by atoms with Crippen LogP contribution in [0.2, 0.25) is 0 Å². The maximum atomic E-state index is 11.6. The second-order valence-electron chi connectivity index (χ2n) is 3.35. The molecule has 0 aliphatic rings. The molecule has 0 aromatic heterocycles. The Morgan fingerprint density at radius 3 is 2.71 bits per heavy atom. The predicted molar refractivity (Wildman–Crippen MR) is 55.0 cm³/mol. The van der Waals surface area contributed by atoms with E-state index in [-0.39, 0.29) is 18.3 Å². The van der Waals surface area contributed by atoms with E-state index in [2.05, 4.69) is 17.7 Å². The predicted octanol–water partition coefficient (Wildman–Crippen LogP) is 2.00. The van der Waals surface area contributed by atoms with Crippen molar-refractivity contribution in [2.24, 2.45) is 5.92 Å². The molecule has 0 aliphatic carbocycles. The van der Waals surface area contributed by atoms with Crippen LogP contribution in [0.15, 0.2) is 12.7 Å². The van der Waals surface area contributed by atoms with E-state index < -0.39 is 5.60 Å². The molecule has 0 aromatic rings. The van der Waals surface area contributed by atoms with Crippen LogP contribution >= 0.6 is 0 Å². The van der Waals surface area contributed by atoms with E-state index in [1.165, 1.54) is 13.0 Å². The highest BCUT2D eigenvalue weighted by Crippen LogP contribution is 2.16. The average Bonchev–Trinajstić information content (AvgIpc) is 2.14. The summed E-state index contributed by atoms with van der Waals surface area (Å²) in [7, 11) is 0. The molecule has 0 saturated carbocycles. The molecule has 0 bridgehead atoms. The number of ether oxygens (including phenoxy) is 1. The van der Waals surface area contributed by atoms with Gasteiger partial charge in [0.05, 0.1) is 6.61 Å². The van der Waals surface area contributed by atoms with Gasteiger partial charge in [0.15, 0.2) is 5.78 Å². The van der Waals surface area contributed by atoms with Crippen LogP contribution in [0, 0.1) is 17.2 Å². The molecule has 0 radical (unpaired) electrons. The first-order chi connectivity index (χ1) is 6.48. The summed E-state index contributed by atoms with van der Waals surface area (Å²) in [6, 6.07) is 2.12. The number of rotatable bonds is 5. The molecule has 14 heavy (non-hydrogen) atoms. The zero-order chi connectivity index (χ0) is 11.2. The Morgan fingerprint density at radius 2 is 2.36 bits per heavy atom. The molecule has 0 spiro atoms. The molecule has 0 rings (SSSR count). The summed E-state index contributed by atoms with van der Waals surface area (Å²) in [5, 5.41) is 12.6. The lowest BCUT2D eigenvalue weighted by atomic mass is 9.93. The molecule has 0 fully saturated rings. The fourth-order valence-corrected chi connectivity index (χ4v) is 1.02. The highest BCUT2D eigenvalue weighted by Gasteiger charge is 2.39. The molecule has 1 atom stereocenters. The third-order valence-corrected chi connectivity index (χ3v) is 1.74. The summed E-state index contributed by atoms with van der Waals surface area (Å²) in [5.41, 5.74) is -1.36. The Hall–Kier alpha value is -1.34. The quantitative estimate of drug-likeness (QED) is 0.500.